The third-order valence-corrected chi connectivity index (χ3v) is 2.02. The third-order valence-electron chi connectivity index (χ3n) is 2.02. The number of hydrogen-bond acceptors (Lipinski definition) is 3. The predicted molar refractivity (Wildman–Crippen MR) is 56.8 cm³/mol. The van der Waals surface area contributed by atoms with Crippen LogP contribution in [0.4, 0.5) is 5.69 Å². The fraction of sp³-hybridized carbons (Fsp3) is 0.300. The van der Waals surface area contributed by atoms with Gasteiger partial charge < -0.3 is 16.8 Å². The number of para-hydroxylation sites is 1. The second-order valence-electron chi connectivity index (χ2n) is 3.20. The first-order valence-corrected chi connectivity index (χ1v) is 4.45. The molecule has 0 aliphatic carbocycles. The molecule has 1 aromatic carbocycles. The van der Waals surface area contributed by atoms with Crippen molar-refractivity contribution in [2.75, 3.05) is 11.9 Å². The summed E-state index contributed by atoms with van der Waals surface area (Å²) in [6, 6.07) is 7.15. The van der Waals surface area contributed by atoms with Crippen LogP contribution in [0.15, 0.2) is 24.3 Å². The SMILES string of the molecule is Cc1ccccc1NCC(N)C(N)=O. The lowest BCUT2D eigenvalue weighted by Crippen LogP contribution is -2.41. The Morgan fingerprint density at radius 1 is 1.50 bits per heavy atom. The summed E-state index contributed by atoms with van der Waals surface area (Å²) < 4.78 is 0. The van der Waals surface area contributed by atoms with Crippen molar-refractivity contribution < 1.29 is 4.79 Å². The molecular formula is C10H15N3O. The molecule has 4 nitrogen and oxygen atoms in total. The van der Waals surface area contributed by atoms with Gasteiger partial charge in [0.05, 0.1) is 0 Å². The molecule has 14 heavy (non-hydrogen) atoms. The Hall–Kier alpha value is -1.55. The highest BCUT2D eigenvalue weighted by atomic mass is 16.1. The van der Waals surface area contributed by atoms with Gasteiger partial charge in [0.2, 0.25) is 5.91 Å². The van der Waals surface area contributed by atoms with Gasteiger partial charge in [-0.05, 0) is 18.6 Å². The monoisotopic (exact) mass is 193 g/mol. The number of primary amides is 1. The van der Waals surface area contributed by atoms with E-state index in [2.05, 4.69) is 5.32 Å². The normalized spacial score (nSPS) is 12.1. The summed E-state index contributed by atoms with van der Waals surface area (Å²) >= 11 is 0. The van der Waals surface area contributed by atoms with Crippen LogP contribution in [0.25, 0.3) is 0 Å². The number of carbonyl (C=O) groups is 1. The fourth-order valence-corrected chi connectivity index (χ4v) is 1.09. The molecule has 0 bridgehead atoms. The second kappa shape index (κ2) is 4.62. The Morgan fingerprint density at radius 3 is 2.71 bits per heavy atom. The van der Waals surface area contributed by atoms with Crippen LogP contribution < -0.4 is 16.8 Å². The Labute approximate surface area is 83.3 Å². The molecule has 1 atom stereocenters. The number of nitrogens with two attached hydrogens (primary N) is 2. The van der Waals surface area contributed by atoms with E-state index in [1.165, 1.54) is 0 Å². The molecule has 0 radical (unpaired) electrons. The molecule has 1 unspecified atom stereocenters. The van der Waals surface area contributed by atoms with E-state index in [-0.39, 0.29) is 0 Å². The molecule has 0 saturated carbocycles. The van der Waals surface area contributed by atoms with Gasteiger partial charge in [-0.25, -0.2) is 0 Å². The van der Waals surface area contributed by atoms with Gasteiger partial charge in [-0.3, -0.25) is 4.79 Å². The van der Waals surface area contributed by atoms with Gasteiger partial charge in [-0.1, -0.05) is 18.2 Å². The molecule has 76 valence electrons. The van der Waals surface area contributed by atoms with E-state index < -0.39 is 11.9 Å². The van der Waals surface area contributed by atoms with Crippen LogP contribution in [-0.2, 0) is 4.79 Å². The minimum Gasteiger partial charge on any atom is -0.383 e. The molecule has 0 aliphatic heterocycles. The lowest BCUT2D eigenvalue weighted by atomic mass is 10.2. The zero-order valence-electron chi connectivity index (χ0n) is 8.16. The lowest BCUT2D eigenvalue weighted by molar-refractivity contribution is -0.118. The molecule has 0 spiro atoms. The maximum Gasteiger partial charge on any atom is 0.236 e. The molecule has 0 saturated heterocycles. The van der Waals surface area contributed by atoms with Gasteiger partial charge in [0.15, 0.2) is 0 Å². The number of anilines is 1. The van der Waals surface area contributed by atoms with Crippen molar-refractivity contribution in [1.82, 2.24) is 0 Å². The van der Waals surface area contributed by atoms with Crippen molar-refractivity contribution in [2.24, 2.45) is 11.5 Å². The van der Waals surface area contributed by atoms with E-state index in [1.807, 2.05) is 31.2 Å². The molecule has 0 aromatic heterocycles. The topological polar surface area (TPSA) is 81.1 Å². The number of aryl methyl sites for hydroxylation is 1. The quantitative estimate of drug-likeness (QED) is 0.639. The first-order valence-electron chi connectivity index (χ1n) is 4.45. The number of rotatable bonds is 4. The van der Waals surface area contributed by atoms with Gasteiger partial charge in [0.1, 0.15) is 6.04 Å². The average molecular weight is 193 g/mol. The standard InChI is InChI=1S/C10H15N3O/c1-7-4-2-3-5-9(7)13-6-8(11)10(12)14/h2-5,8,13H,6,11H2,1H3,(H2,12,14). The lowest BCUT2D eigenvalue weighted by Gasteiger charge is -2.12. The summed E-state index contributed by atoms with van der Waals surface area (Å²) in [5, 5.41) is 3.07. The van der Waals surface area contributed by atoms with Crippen molar-refractivity contribution in [1.29, 1.82) is 0 Å². The molecule has 1 amide bonds. The Bertz CT molecular complexity index is 325. The van der Waals surface area contributed by atoms with E-state index in [4.69, 9.17) is 11.5 Å². The van der Waals surface area contributed by atoms with Crippen LogP contribution >= 0.6 is 0 Å². The van der Waals surface area contributed by atoms with Gasteiger partial charge in [-0.15, -0.1) is 0 Å². The Morgan fingerprint density at radius 2 is 2.14 bits per heavy atom. The van der Waals surface area contributed by atoms with E-state index in [0.717, 1.165) is 11.3 Å². The number of carbonyl (C=O) groups excluding carboxylic acids is 1. The summed E-state index contributed by atoms with van der Waals surface area (Å²) in [6.07, 6.45) is 0. The first kappa shape index (κ1) is 10.5. The molecule has 5 N–H and O–H groups in total. The van der Waals surface area contributed by atoms with Crippen molar-refractivity contribution in [3.63, 3.8) is 0 Å². The highest BCUT2D eigenvalue weighted by Gasteiger charge is 2.08. The first-order chi connectivity index (χ1) is 6.61. The minimum atomic E-state index is -0.644. The highest BCUT2D eigenvalue weighted by molar-refractivity contribution is 5.80. The van der Waals surface area contributed by atoms with Crippen molar-refractivity contribution >= 4 is 11.6 Å². The van der Waals surface area contributed by atoms with E-state index in [0.29, 0.717) is 6.54 Å². The largest absolute Gasteiger partial charge is 0.383 e. The van der Waals surface area contributed by atoms with Gasteiger partial charge in [0, 0.05) is 12.2 Å². The molecular weight excluding hydrogens is 178 g/mol. The van der Waals surface area contributed by atoms with Crippen LogP contribution in [0.5, 0.6) is 0 Å². The average Bonchev–Trinajstić information content (AvgIpc) is 2.16. The number of nitrogens with one attached hydrogen (secondary N) is 1. The number of amides is 1. The van der Waals surface area contributed by atoms with E-state index >= 15 is 0 Å². The molecule has 0 aliphatic rings. The fourth-order valence-electron chi connectivity index (χ4n) is 1.09. The number of hydrogen-bond donors (Lipinski definition) is 3. The molecule has 4 heteroatoms. The number of benzene rings is 1. The molecule has 1 rings (SSSR count). The predicted octanol–water partition coefficient (Wildman–Crippen LogP) is 0.220. The summed E-state index contributed by atoms with van der Waals surface area (Å²) in [6.45, 7) is 2.35. The summed E-state index contributed by atoms with van der Waals surface area (Å²) in [7, 11) is 0. The van der Waals surface area contributed by atoms with Gasteiger partial charge in [0.25, 0.3) is 0 Å². The summed E-state index contributed by atoms with van der Waals surface area (Å²) in [5.74, 6) is -0.494. The van der Waals surface area contributed by atoms with Gasteiger partial charge in [-0.2, -0.15) is 0 Å². The van der Waals surface area contributed by atoms with Crippen LogP contribution in [0.3, 0.4) is 0 Å². The molecule has 0 fully saturated rings. The molecule has 0 heterocycles. The summed E-state index contributed by atoms with van der Waals surface area (Å²) in [4.78, 5) is 10.7. The van der Waals surface area contributed by atoms with Crippen molar-refractivity contribution in [3.05, 3.63) is 29.8 Å². The van der Waals surface area contributed by atoms with Crippen LogP contribution in [0, 0.1) is 6.92 Å². The second-order valence-corrected chi connectivity index (χ2v) is 3.20. The maximum absolute atomic E-state index is 10.7. The Balaban J connectivity index is 2.54. The third kappa shape index (κ3) is 2.74. The zero-order valence-corrected chi connectivity index (χ0v) is 8.16. The smallest absolute Gasteiger partial charge is 0.236 e. The van der Waals surface area contributed by atoms with E-state index in [1.54, 1.807) is 0 Å². The van der Waals surface area contributed by atoms with E-state index in [9.17, 15) is 4.79 Å². The van der Waals surface area contributed by atoms with Crippen LogP contribution in [-0.4, -0.2) is 18.5 Å². The van der Waals surface area contributed by atoms with Crippen LogP contribution in [0.1, 0.15) is 5.56 Å². The maximum atomic E-state index is 10.7. The Kier molecular flexibility index (Phi) is 3.48. The minimum absolute atomic E-state index is 0.361. The zero-order chi connectivity index (χ0) is 10.6. The molecule has 1 aromatic rings. The summed E-state index contributed by atoms with van der Waals surface area (Å²) in [5.41, 5.74) is 12.6. The highest BCUT2D eigenvalue weighted by Crippen LogP contribution is 2.12. The van der Waals surface area contributed by atoms with Crippen LogP contribution in [0.2, 0.25) is 0 Å². The van der Waals surface area contributed by atoms with Gasteiger partial charge >= 0.3 is 0 Å². The van der Waals surface area contributed by atoms with Crippen molar-refractivity contribution in [3.8, 4) is 0 Å². The van der Waals surface area contributed by atoms with Crippen molar-refractivity contribution in [2.45, 2.75) is 13.0 Å².